The fourth-order valence-electron chi connectivity index (χ4n) is 2.04. The highest BCUT2D eigenvalue weighted by Crippen LogP contribution is 2.32. The van der Waals surface area contributed by atoms with Gasteiger partial charge in [0.15, 0.2) is 0 Å². The molecule has 1 aromatic carbocycles. The van der Waals surface area contributed by atoms with Crippen molar-refractivity contribution in [3.8, 4) is 0 Å². The molecule has 2 aromatic rings. The van der Waals surface area contributed by atoms with Gasteiger partial charge >= 0.3 is 0 Å². The molecule has 1 saturated carbocycles. The Morgan fingerprint density at radius 2 is 1.95 bits per heavy atom. The smallest absolute Gasteiger partial charge is 0.114 e. The van der Waals surface area contributed by atoms with Gasteiger partial charge in [-0.1, -0.05) is 23.2 Å². The fraction of sp³-hybridized carbons (Fsp3) is 0.357. The Kier molecular flexibility index (Phi) is 3.81. The first-order chi connectivity index (χ1) is 9.11. The van der Waals surface area contributed by atoms with E-state index in [-0.39, 0.29) is 6.04 Å². The molecule has 0 radical (unpaired) electrons. The van der Waals surface area contributed by atoms with Crippen LogP contribution in [0.1, 0.15) is 35.1 Å². The molecule has 0 aliphatic heterocycles. The summed E-state index contributed by atoms with van der Waals surface area (Å²) in [6.45, 7) is 2.01. The predicted molar refractivity (Wildman–Crippen MR) is 81.3 cm³/mol. The van der Waals surface area contributed by atoms with E-state index >= 15 is 0 Å². The zero-order chi connectivity index (χ0) is 13.4. The Morgan fingerprint density at radius 3 is 2.47 bits per heavy atom. The first kappa shape index (κ1) is 13.4. The van der Waals surface area contributed by atoms with Gasteiger partial charge in [-0.25, -0.2) is 4.98 Å². The molecule has 5 heteroatoms. The van der Waals surface area contributed by atoms with Gasteiger partial charge in [-0.05, 0) is 43.5 Å². The van der Waals surface area contributed by atoms with Crippen molar-refractivity contribution >= 4 is 34.5 Å². The standard InChI is InChI=1S/C14H14Cl2N2S/c1-8-7-19-14(17-8)13(18-12-2-3-12)9-4-10(15)6-11(16)5-9/h4-7,12-13,18H,2-3H2,1H3. The van der Waals surface area contributed by atoms with Gasteiger partial charge in [0.2, 0.25) is 0 Å². The number of halogens is 2. The van der Waals surface area contributed by atoms with Crippen molar-refractivity contribution in [2.75, 3.05) is 0 Å². The molecular formula is C14H14Cl2N2S. The average Bonchev–Trinajstić information content (AvgIpc) is 3.06. The lowest BCUT2D eigenvalue weighted by Gasteiger charge is -2.17. The summed E-state index contributed by atoms with van der Waals surface area (Å²) in [5.41, 5.74) is 2.13. The number of nitrogens with zero attached hydrogens (tertiary/aromatic N) is 1. The zero-order valence-electron chi connectivity index (χ0n) is 10.5. The molecule has 1 unspecified atom stereocenters. The highest BCUT2D eigenvalue weighted by Gasteiger charge is 2.28. The summed E-state index contributed by atoms with van der Waals surface area (Å²) >= 11 is 13.9. The summed E-state index contributed by atoms with van der Waals surface area (Å²) in [4.78, 5) is 4.60. The van der Waals surface area contributed by atoms with Gasteiger partial charge in [-0.2, -0.15) is 0 Å². The summed E-state index contributed by atoms with van der Waals surface area (Å²) < 4.78 is 0. The van der Waals surface area contributed by atoms with E-state index in [9.17, 15) is 0 Å². The summed E-state index contributed by atoms with van der Waals surface area (Å²) in [7, 11) is 0. The molecule has 1 N–H and O–H groups in total. The Balaban J connectivity index is 1.97. The maximum atomic E-state index is 6.11. The highest BCUT2D eigenvalue weighted by molar-refractivity contribution is 7.09. The second-order valence-electron chi connectivity index (χ2n) is 4.90. The van der Waals surface area contributed by atoms with Gasteiger partial charge in [0.05, 0.1) is 6.04 Å². The van der Waals surface area contributed by atoms with Gasteiger partial charge in [-0.15, -0.1) is 11.3 Å². The van der Waals surface area contributed by atoms with Gasteiger partial charge in [0.1, 0.15) is 5.01 Å². The van der Waals surface area contributed by atoms with Crippen LogP contribution in [0.5, 0.6) is 0 Å². The number of benzene rings is 1. The first-order valence-corrected chi connectivity index (χ1v) is 7.89. The number of thiazole rings is 1. The second-order valence-corrected chi connectivity index (χ2v) is 6.67. The number of hydrogen-bond donors (Lipinski definition) is 1. The SMILES string of the molecule is Cc1csc(C(NC2CC2)c2cc(Cl)cc(Cl)c2)n1. The Bertz CT molecular complexity index is 573. The van der Waals surface area contributed by atoms with E-state index in [0.717, 1.165) is 16.3 Å². The maximum Gasteiger partial charge on any atom is 0.114 e. The van der Waals surface area contributed by atoms with Crippen LogP contribution in [0.3, 0.4) is 0 Å². The van der Waals surface area contributed by atoms with Crippen LogP contribution in [0.25, 0.3) is 0 Å². The van der Waals surface area contributed by atoms with Crippen LogP contribution in [0, 0.1) is 6.92 Å². The van der Waals surface area contributed by atoms with Gasteiger partial charge < -0.3 is 5.32 Å². The van der Waals surface area contributed by atoms with Gasteiger partial charge in [0, 0.05) is 27.2 Å². The number of aryl methyl sites for hydroxylation is 1. The van der Waals surface area contributed by atoms with Crippen molar-refractivity contribution in [3.05, 3.63) is 49.9 Å². The molecule has 19 heavy (non-hydrogen) atoms. The summed E-state index contributed by atoms with van der Waals surface area (Å²) in [6, 6.07) is 6.36. The zero-order valence-corrected chi connectivity index (χ0v) is 12.8. The molecule has 1 heterocycles. The lowest BCUT2D eigenvalue weighted by atomic mass is 10.1. The molecule has 1 atom stereocenters. The minimum atomic E-state index is 0.0856. The maximum absolute atomic E-state index is 6.11. The normalized spacial score (nSPS) is 16.6. The van der Waals surface area contributed by atoms with E-state index in [0.29, 0.717) is 16.1 Å². The quantitative estimate of drug-likeness (QED) is 0.892. The van der Waals surface area contributed by atoms with Gasteiger partial charge in [0.25, 0.3) is 0 Å². The number of rotatable bonds is 4. The van der Waals surface area contributed by atoms with Crippen molar-refractivity contribution in [2.24, 2.45) is 0 Å². The van der Waals surface area contributed by atoms with E-state index < -0.39 is 0 Å². The van der Waals surface area contributed by atoms with E-state index in [1.54, 1.807) is 17.4 Å². The summed E-state index contributed by atoms with van der Waals surface area (Å²) in [5, 5.41) is 8.10. The Labute approximate surface area is 126 Å². The molecule has 0 amide bonds. The monoisotopic (exact) mass is 312 g/mol. The molecule has 2 nitrogen and oxygen atoms in total. The Hall–Kier alpha value is -0.610. The number of hydrogen-bond acceptors (Lipinski definition) is 3. The lowest BCUT2D eigenvalue weighted by molar-refractivity contribution is 0.597. The molecule has 1 aliphatic carbocycles. The topological polar surface area (TPSA) is 24.9 Å². The molecule has 1 fully saturated rings. The summed E-state index contributed by atoms with van der Waals surface area (Å²) in [5.74, 6) is 0. The largest absolute Gasteiger partial charge is 0.301 e. The molecule has 100 valence electrons. The fourth-order valence-corrected chi connectivity index (χ4v) is 3.47. The first-order valence-electron chi connectivity index (χ1n) is 6.26. The van der Waals surface area contributed by atoms with E-state index in [2.05, 4.69) is 15.7 Å². The highest BCUT2D eigenvalue weighted by atomic mass is 35.5. The van der Waals surface area contributed by atoms with Crippen LogP contribution in [0.4, 0.5) is 0 Å². The molecular weight excluding hydrogens is 299 g/mol. The number of aromatic nitrogens is 1. The van der Waals surface area contributed by atoms with E-state index in [1.807, 2.05) is 19.1 Å². The molecule has 1 aromatic heterocycles. The van der Waals surface area contributed by atoms with Crippen LogP contribution in [0.2, 0.25) is 10.0 Å². The van der Waals surface area contributed by atoms with E-state index in [4.69, 9.17) is 23.2 Å². The minimum Gasteiger partial charge on any atom is -0.301 e. The van der Waals surface area contributed by atoms with Gasteiger partial charge in [-0.3, -0.25) is 0 Å². The third-order valence-electron chi connectivity index (χ3n) is 3.08. The third kappa shape index (κ3) is 3.29. The van der Waals surface area contributed by atoms with Crippen molar-refractivity contribution in [3.63, 3.8) is 0 Å². The second kappa shape index (κ2) is 5.41. The lowest BCUT2D eigenvalue weighted by Crippen LogP contribution is -2.24. The molecule has 0 bridgehead atoms. The summed E-state index contributed by atoms with van der Waals surface area (Å²) in [6.07, 6.45) is 2.46. The Morgan fingerprint density at radius 1 is 1.26 bits per heavy atom. The van der Waals surface area contributed by atoms with Crippen LogP contribution in [-0.2, 0) is 0 Å². The average molecular weight is 313 g/mol. The van der Waals surface area contributed by atoms with Crippen LogP contribution >= 0.6 is 34.5 Å². The van der Waals surface area contributed by atoms with E-state index in [1.165, 1.54) is 12.8 Å². The third-order valence-corrected chi connectivity index (χ3v) is 4.55. The van der Waals surface area contributed by atoms with Crippen molar-refractivity contribution in [1.29, 1.82) is 0 Å². The van der Waals surface area contributed by atoms with Crippen LogP contribution in [-0.4, -0.2) is 11.0 Å². The van der Waals surface area contributed by atoms with Crippen LogP contribution < -0.4 is 5.32 Å². The predicted octanol–water partition coefficient (Wildman–Crippen LogP) is 4.60. The number of nitrogens with one attached hydrogen (secondary N) is 1. The molecule has 0 spiro atoms. The van der Waals surface area contributed by atoms with Crippen molar-refractivity contribution in [2.45, 2.75) is 31.8 Å². The minimum absolute atomic E-state index is 0.0856. The van der Waals surface area contributed by atoms with Crippen molar-refractivity contribution < 1.29 is 0 Å². The molecule has 0 saturated heterocycles. The molecule has 3 rings (SSSR count). The van der Waals surface area contributed by atoms with Crippen LogP contribution in [0.15, 0.2) is 23.6 Å². The van der Waals surface area contributed by atoms with Crippen molar-refractivity contribution in [1.82, 2.24) is 10.3 Å². The molecule has 1 aliphatic rings.